The van der Waals surface area contributed by atoms with Crippen molar-refractivity contribution in [1.82, 2.24) is 0 Å². The van der Waals surface area contributed by atoms with E-state index in [1.165, 1.54) is 16.1 Å². The Bertz CT molecular complexity index is 556. The van der Waals surface area contributed by atoms with Crippen molar-refractivity contribution in [1.29, 1.82) is 0 Å². The average Bonchev–Trinajstić information content (AvgIpc) is 2.77. The Balaban J connectivity index is 2.21. The van der Waals surface area contributed by atoms with Crippen molar-refractivity contribution in [3.05, 3.63) is 49.6 Å². The SMILES string of the molecule is CN(Cc1ccc(Cl)s1)c1cc(Br)ccc1CCN. The summed E-state index contributed by atoms with van der Waals surface area (Å²) in [5.74, 6) is 0. The van der Waals surface area contributed by atoms with Crippen LogP contribution in [0.1, 0.15) is 10.4 Å². The van der Waals surface area contributed by atoms with Gasteiger partial charge in [-0.2, -0.15) is 0 Å². The fraction of sp³-hybridized carbons (Fsp3) is 0.286. The second-order valence-corrected chi connectivity index (χ2v) is 7.09. The summed E-state index contributed by atoms with van der Waals surface area (Å²) in [5, 5.41) is 0. The molecule has 0 radical (unpaired) electrons. The highest BCUT2D eigenvalue weighted by atomic mass is 79.9. The Morgan fingerprint density at radius 3 is 2.74 bits per heavy atom. The Morgan fingerprint density at radius 2 is 2.11 bits per heavy atom. The molecule has 0 amide bonds. The summed E-state index contributed by atoms with van der Waals surface area (Å²) in [5.41, 5.74) is 8.16. The fourth-order valence-corrected chi connectivity index (χ4v) is 3.51. The third-order valence-electron chi connectivity index (χ3n) is 2.89. The third-order valence-corrected chi connectivity index (χ3v) is 4.60. The number of hydrogen-bond donors (Lipinski definition) is 1. The predicted molar refractivity (Wildman–Crippen MR) is 88.3 cm³/mol. The second kappa shape index (κ2) is 6.75. The predicted octanol–water partition coefficient (Wildman–Crippen LogP) is 4.30. The summed E-state index contributed by atoms with van der Waals surface area (Å²) in [6.45, 7) is 1.51. The van der Waals surface area contributed by atoms with E-state index in [1.807, 2.05) is 6.07 Å². The summed E-state index contributed by atoms with van der Waals surface area (Å²) in [6, 6.07) is 10.3. The minimum absolute atomic E-state index is 0.660. The van der Waals surface area contributed by atoms with Gasteiger partial charge in [-0.25, -0.2) is 0 Å². The molecule has 5 heteroatoms. The van der Waals surface area contributed by atoms with E-state index in [4.69, 9.17) is 17.3 Å². The van der Waals surface area contributed by atoms with Crippen LogP contribution in [0.5, 0.6) is 0 Å². The maximum Gasteiger partial charge on any atom is 0.0931 e. The molecule has 0 bridgehead atoms. The van der Waals surface area contributed by atoms with Gasteiger partial charge in [-0.3, -0.25) is 0 Å². The van der Waals surface area contributed by atoms with Crippen LogP contribution in [0.4, 0.5) is 5.69 Å². The lowest BCUT2D eigenvalue weighted by molar-refractivity contribution is 0.902. The van der Waals surface area contributed by atoms with Crippen molar-refractivity contribution in [2.24, 2.45) is 5.73 Å². The lowest BCUT2D eigenvalue weighted by Crippen LogP contribution is -2.18. The minimum Gasteiger partial charge on any atom is -0.369 e. The molecule has 2 aromatic rings. The van der Waals surface area contributed by atoms with E-state index in [-0.39, 0.29) is 0 Å². The van der Waals surface area contributed by atoms with Crippen molar-refractivity contribution in [2.75, 3.05) is 18.5 Å². The van der Waals surface area contributed by atoms with E-state index in [0.29, 0.717) is 6.54 Å². The topological polar surface area (TPSA) is 29.3 Å². The summed E-state index contributed by atoms with van der Waals surface area (Å²) < 4.78 is 1.92. The fourth-order valence-electron chi connectivity index (χ4n) is 2.01. The molecule has 1 heterocycles. The third kappa shape index (κ3) is 3.96. The van der Waals surface area contributed by atoms with E-state index >= 15 is 0 Å². The molecule has 0 spiro atoms. The Kier molecular flexibility index (Phi) is 5.28. The quantitative estimate of drug-likeness (QED) is 0.862. The van der Waals surface area contributed by atoms with Gasteiger partial charge in [0.05, 0.1) is 10.9 Å². The van der Waals surface area contributed by atoms with E-state index in [0.717, 1.165) is 21.8 Å². The molecule has 2 nitrogen and oxygen atoms in total. The summed E-state index contributed by atoms with van der Waals surface area (Å²) >= 11 is 11.1. The average molecular weight is 360 g/mol. The first-order valence-corrected chi connectivity index (χ1v) is 8.02. The number of anilines is 1. The van der Waals surface area contributed by atoms with Crippen molar-refractivity contribution in [2.45, 2.75) is 13.0 Å². The molecule has 0 fully saturated rings. The van der Waals surface area contributed by atoms with Crippen molar-refractivity contribution >= 4 is 44.6 Å². The Morgan fingerprint density at radius 1 is 1.32 bits per heavy atom. The van der Waals surface area contributed by atoms with Crippen LogP contribution < -0.4 is 10.6 Å². The first kappa shape index (κ1) is 14.9. The van der Waals surface area contributed by atoms with Crippen LogP contribution in [0.25, 0.3) is 0 Å². The second-order valence-electron chi connectivity index (χ2n) is 4.37. The smallest absolute Gasteiger partial charge is 0.0931 e. The molecule has 19 heavy (non-hydrogen) atoms. The van der Waals surface area contributed by atoms with Gasteiger partial charge in [0.1, 0.15) is 0 Å². The zero-order valence-electron chi connectivity index (χ0n) is 10.7. The molecule has 2 N–H and O–H groups in total. The van der Waals surface area contributed by atoms with Crippen LogP contribution >= 0.6 is 38.9 Å². The summed E-state index contributed by atoms with van der Waals surface area (Å²) in [6.07, 6.45) is 0.887. The maximum atomic E-state index is 5.97. The van der Waals surface area contributed by atoms with Gasteiger partial charge in [0.15, 0.2) is 0 Å². The zero-order chi connectivity index (χ0) is 13.8. The lowest BCUT2D eigenvalue weighted by Gasteiger charge is -2.22. The van der Waals surface area contributed by atoms with Crippen LogP contribution in [0.2, 0.25) is 4.34 Å². The molecule has 2 rings (SSSR count). The highest BCUT2D eigenvalue weighted by Crippen LogP contribution is 2.28. The molecule has 0 aliphatic heterocycles. The van der Waals surface area contributed by atoms with E-state index in [2.05, 4.69) is 52.1 Å². The van der Waals surface area contributed by atoms with E-state index in [1.54, 1.807) is 11.3 Å². The number of rotatable bonds is 5. The molecule has 102 valence electrons. The minimum atomic E-state index is 0.660. The largest absolute Gasteiger partial charge is 0.369 e. The van der Waals surface area contributed by atoms with Gasteiger partial charge in [-0.1, -0.05) is 33.6 Å². The van der Waals surface area contributed by atoms with Crippen LogP contribution in [0, 0.1) is 0 Å². The van der Waals surface area contributed by atoms with Gasteiger partial charge in [0.25, 0.3) is 0 Å². The lowest BCUT2D eigenvalue weighted by atomic mass is 10.1. The highest BCUT2D eigenvalue weighted by Gasteiger charge is 2.09. The van der Waals surface area contributed by atoms with Gasteiger partial charge in [0.2, 0.25) is 0 Å². The van der Waals surface area contributed by atoms with E-state index < -0.39 is 0 Å². The van der Waals surface area contributed by atoms with Crippen molar-refractivity contribution < 1.29 is 0 Å². The van der Waals surface area contributed by atoms with Crippen LogP contribution in [-0.2, 0) is 13.0 Å². The molecular weight excluding hydrogens is 344 g/mol. The Hall–Kier alpha value is -0.550. The van der Waals surface area contributed by atoms with Crippen LogP contribution in [0.3, 0.4) is 0 Å². The molecule has 1 aromatic heterocycles. The monoisotopic (exact) mass is 358 g/mol. The number of nitrogens with two attached hydrogens (primary N) is 1. The van der Waals surface area contributed by atoms with Crippen molar-refractivity contribution in [3.8, 4) is 0 Å². The first-order chi connectivity index (χ1) is 9.10. The van der Waals surface area contributed by atoms with Gasteiger partial charge in [0, 0.05) is 22.1 Å². The first-order valence-electron chi connectivity index (χ1n) is 6.04. The normalized spacial score (nSPS) is 10.7. The van der Waals surface area contributed by atoms with Gasteiger partial charge in [-0.15, -0.1) is 11.3 Å². The maximum absolute atomic E-state index is 5.97. The van der Waals surface area contributed by atoms with Crippen molar-refractivity contribution in [3.63, 3.8) is 0 Å². The molecule has 0 aliphatic carbocycles. The van der Waals surface area contributed by atoms with Gasteiger partial charge >= 0.3 is 0 Å². The van der Waals surface area contributed by atoms with Gasteiger partial charge in [-0.05, 0) is 42.8 Å². The molecule has 0 unspecified atom stereocenters. The molecular formula is C14H16BrClN2S. The summed E-state index contributed by atoms with van der Waals surface area (Å²) in [4.78, 5) is 3.49. The molecule has 1 aromatic carbocycles. The van der Waals surface area contributed by atoms with E-state index in [9.17, 15) is 0 Å². The standard InChI is InChI=1S/C14H16BrClN2S/c1-18(9-12-4-5-14(16)19-12)13-8-11(15)3-2-10(13)6-7-17/h2-5,8H,6-7,9,17H2,1H3. The van der Waals surface area contributed by atoms with Crippen LogP contribution in [-0.4, -0.2) is 13.6 Å². The molecule has 0 saturated heterocycles. The number of nitrogens with zero attached hydrogens (tertiary/aromatic N) is 1. The molecule has 0 saturated carbocycles. The van der Waals surface area contributed by atoms with Crippen LogP contribution in [0.15, 0.2) is 34.8 Å². The number of thiophene rings is 1. The summed E-state index contributed by atoms with van der Waals surface area (Å²) in [7, 11) is 2.09. The Labute approximate surface area is 131 Å². The number of benzene rings is 1. The highest BCUT2D eigenvalue weighted by molar-refractivity contribution is 9.10. The van der Waals surface area contributed by atoms with Gasteiger partial charge < -0.3 is 10.6 Å². The number of hydrogen-bond acceptors (Lipinski definition) is 3. The zero-order valence-corrected chi connectivity index (χ0v) is 13.9. The number of halogens is 2. The molecule has 0 aliphatic rings. The molecule has 0 atom stereocenters.